The van der Waals surface area contributed by atoms with Crippen molar-refractivity contribution in [1.82, 2.24) is 15.5 Å². The minimum Gasteiger partial charge on any atom is -0.460 e. The van der Waals surface area contributed by atoms with Crippen LogP contribution in [-0.2, 0) is 6.54 Å². The second-order valence-electron chi connectivity index (χ2n) is 6.19. The highest BCUT2D eigenvalue weighted by atomic mass is 16.3. The lowest BCUT2D eigenvalue weighted by molar-refractivity contribution is 0.0628. The van der Waals surface area contributed by atoms with Gasteiger partial charge in [0.2, 0.25) is 0 Å². The quantitative estimate of drug-likeness (QED) is 0.785. The second kappa shape index (κ2) is 5.81. The minimum absolute atomic E-state index is 0.121. The molecule has 0 aliphatic rings. The molecule has 0 saturated heterocycles. The highest BCUT2D eigenvalue weighted by molar-refractivity contribution is 5.56. The van der Waals surface area contributed by atoms with Crippen LogP contribution in [0.3, 0.4) is 0 Å². The molecule has 5 heteroatoms. The monoisotopic (exact) mass is 277 g/mol. The van der Waals surface area contributed by atoms with E-state index in [2.05, 4.69) is 15.5 Å². The normalized spacial score (nSPS) is 13.7. The first-order valence-corrected chi connectivity index (χ1v) is 6.86. The summed E-state index contributed by atoms with van der Waals surface area (Å²) in [6.07, 6.45) is 1.40. The van der Waals surface area contributed by atoms with Crippen molar-refractivity contribution in [3.63, 3.8) is 0 Å². The standard InChI is InChI=1S/C15H23N3O2/c1-10-5-6-12(20-10)14-11(8-17-18-14)7-16-9-13(19)15(2,3)4/h5-6,8,13,16,19H,7,9H2,1-4H3,(H,17,18). The largest absolute Gasteiger partial charge is 0.460 e. The van der Waals surface area contributed by atoms with E-state index in [4.69, 9.17) is 4.42 Å². The lowest BCUT2D eigenvalue weighted by Gasteiger charge is -2.25. The molecule has 2 rings (SSSR count). The average Bonchev–Trinajstić information content (AvgIpc) is 2.96. The van der Waals surface area contributed by atoms with Gasteiger partial charge in [-0.05, 0) is 24.5 Å². The van der Waals surface area contributed by atoms with E-state index in [1.54, 1.807) is 6.20 Å². The Balaban J connectivity index is 1.97. The van der Waals surface area contributed by atoms with Gasteiger partial charge in [0.05, 0.1) is 12.3 Å². The van der Waals surface area contributed by atoms with Gasteiger partial charge in [-0.1, -0.05) is 20.8 Å². The zero-order valence-corrected chi connectivity index (χ0v) is 12.5. The number of aromatic nitrogens is 2. The fourth-order valence-electron chi connectivity index (χ4n) is 1.88. The molecule has 2 aromatic rings. The Labute approximate surface area is 119 Å². The van der Waals surface area contributed by atoms with Crippen LogP contribution in [-0.4, -0.2) is 28.0 Å². The molecule has 20 heavy (non-hydrogen) atoms. The van der Waals surface area contributed by atoms with Gasteiger partial charge < -0.3 is 14.8 Å². The topological polar surface area (TPSA) is 74.1 Å². The van der Waals surface area contributed by atoms with Gasteiger partial charge in [-0.15, -0.1) is 0 Å². The molecule has 0 fully saturated rings. The second-order valence-corrected chi connectivity index (χ2v) is 6.19. The summed E-state index contributed by atoms with van der Waals surface area (Å²) in [5, 5.41) is 20.3. The number of aromatic amines is 1. The van der Waals surface area contributed by atoms with Crippen LogP contribution in [0, 0.1) is 12.3 Å². The van der Waals surface area contributed by atoms with Gasteiger partial charge in [0.15, 0.2) is 5.76 Å². The van der Waals surface area contributed by atoms with Crippen LogP contribution < -0.4 is 5.32 Å². The van der Waals surface area contributed by atoms with Crippen molar-refractivity contribution in [3.05, 3.63) is 29.7 Å². The molecule has 2 aromatic heterocycles. The third kappa shape index (κ3) is 3.49. The van der Waals surface area contributed by atoms with Crippen LogP contribution in [0.15, 0.2) is 22.7 Å². The van der Waals surface area contributed by atoms with E-state index in [1.165, 1.54) is 0 Å². The fourth-order valence-corrected chi connectivity index (χ4v) is 1.88. The molecule has 5 nitrogen and oxygen atoms in total. The van der Waals surface area contributed by atoms with Crippen molar-refractivity contribution in [2.75, 3.05) is 6.54 Å². The molecule has 0 aliphatic heterocycles. The summed E-state index contributed by atoms with van der Waals surface area (Å²) in [5.74, 6) is 1.66. The first-order valence-electron chi connectivity index (χ1n) is 6.86. The molecule has 0 aliphatic carbocycles. The maximum absolute atomic E-state index is 10.00. The van der Waals surface area contributed by atoms with Crippen molar-refractivity contribution in [2.24, 2.45) is 5.41 Å². The average molecular weight is 277 g/mol. The van der Waals surface area contributed by atoms with Crippen molar-refractivity contribution in [2.45, 2.75) is 40.3 Å². The molecule has 0 amide bonds. The van der Waals surface area contributed by atoms with E-state index in [0.717, 1.165) is 22.8 Å². The number of aryl methyl sites for hydroxylation is 1. The van der Waals surface area contributed by atoms with E-state index in [-0.39, 0.29) is 11.5 Å². The number of nitrogens with zero attached hydrogens (tertiary/aromatic N) is 1. The lowest BCUT2D eigenvalue weighted by atomic mass is 9.89. The zero-order valence-electron chi connectivity index (χ0n) is 12.5. The van der Waals surface area contributed by atoms with Crippen molar-refractivity contribution < 1.29 is 9.52 Å². The molecular weight excluding hydrogens is 254 g/mol. The summed E-state index contributed by atoms with van der Waals surface area (Å²) in [6, 6.07) is 3.85. The molecule has 2 heterocycles. The predicted molar refractivity (Wildman–Crippen MR) is 78.2 cm³/mol. The number of aliphatic hydroxyl groups excluding tert-OH is 1. The summed E-state index contributed by atoms with van der Waals surface area (Å²) in [4.78, 5) is 0. The van der Waals surface area contributed by atoms with Gasteiger partial charge in [-0.2, -0.15) is 5.10 Å². The van der Waals surface area contributed by atoms with Crippen molar-refractivity contribution >= 4 is 0 Å². The van der Waals surface area contributed by atoms with Gasteiger partial charge in [-0.3, -0.25) is 5.10 Å². The number of aliphatic hydroxyl groups is 1. The summed E-state index contributed by atoms with van der Waals surface area (Å²) in [6.45, 7) is 9.16. The van der Waals surface area contributed by atoms with Crippen LogP contribution in [0.5, 0.6) is 0 Å². The number of furan rings is 1. The number of hydrogen-bond donors (Lipinski definition) is 3. The van der Waals surface area contributed by atoms with Crippen LogP contribution >= 0.6 is 0 Å². The summed E-state index contributed by atoms with van der Waals surface area (Å²) in [7, 11) is 0. The number of rotatable bonds is 5. The maximum atomic E-state index is 10.00. The Bertz CT molecular complexity index is 551. The first-order chi connectivity index (χ1) is 9.38. The smallest absolute Gasteiger partial charge is 0.152 e. The lowest BCUT2D eigenvalue weighted by Crippen LogP contribution is -2.36. The molecule has 3 N–H and O–H groups in total. The number of nitrogens with one attached hydrogen (secondary N) is 2. The first kappa shape index (κ1) is 14.8. The fraction of sp³-hybridized carbons (Fsp3) is 0.533. The number of hydrogen-bond acceptors (Lipinski definition) is 4. The predicted octanol–water partition coefficient (Wildman–Crippen LogP) is 2.47. The third-order valence-electron chi connectivity index (χ3n) is 3.36. The van der Waals surface area contributed by atoms with Gasteiger partial charge in [-0.25, -0.2) is 0 Å². The number of H-pyrrole nitrogens is 1. The molecule has 0 spiro atoms. The van der Waals surface area contributed by atoms with Crippen molar-refractivity contribution in [1.29, 1.82) is 0 Å². The highest BCUT2D eigenvalue weighted by Crippen LogP contribution is 2.23. The molecule has 1 atom stereocenters. The minimum atomic E-state index is -0.385. The van der Waals surface area contributed by atoms with E-state index in [0.29, 0.717) is 13.1 Å². The Morgan fingerprint density at radius 2 is 2.15 bits per heavy atom. The Morgan fingerprint density at radius 3 is 2.75 bits per heavy atom. The maximum Gasteiger partial charge on any atom is 0.152 e. The molecule has 0 bridgehead atoms. The third-order valence-corrected chi connectivity index (χ3v) is 3.36. The van der Waals surface area contributed by atoms with Crippen LogP contribution in [0.1, 0.15) is 32.1 Å². The summed E-state index contributed by atoms with van der Waals surface area (Å²) in [5.41, 5.74) is 1.79. The molecule has 0 radical (unpaired) electrons. The van der Waals surface area contributed by atoms with E-state index < -0.39 is 0 Å². The van der Waals surface area contributed by atoms with Crippen LogP contribution in [0.25, 0.3) is 11.5 Å². The van der Waals surface area contributed by atoms with E-state index in [9.17, 15) is 5.11 Å². The summed E-state index contributed by atoms with van der Waals surface area (Å²) < 4.78 is 5.60. The van der Waals surface area contributed by atoms with Gasteiger partial charge >= 0.3 is 0 Å². The van der Waals surface area contributed by atoms with Gasteiger partial charge in [0.1, 0.15) is 11.5 Å². The molecule has 1 unspecified atom stereocenters. The zero-order chi connectivity index (χ0) is 14.8. The van der Waals surface area contributed by atoms with Crippen LogP contribution in [0.4, 0.5) is 0 Å². The van der Waals surface area contributed by atoms with E-state index in [1.807, 2.05) is 39.8 Å². The Hall–Kier alpha value is -1.59. The molecule has 0 aromatic carbocycles. The Morgan fingerprint density at radius 1 is 1.40 bits per heavy atom. The van der Waals surface area contributed by atoms with Crippen molar-refractivity contribution in [3.8, 4) is 11.5 Å². The molecule has 110 valence electrons. The molecular formula is C15H23N3O2. The van der Waals surface area contributed by atoms with Crippen LogP contribution in [0.2, 0.25) is 0 Å². The molecule has 0 saturated carbocycles. The van der Waals surface area contributed by atoms with E-state index >= 15 is 0 Å². The highest BCUT2D eigenvalue weighted by Gasteiger charge is 2.21. The van der Waals surface area contributed by atoms with Gasteiger partial charge in [0, 0.05) is 18.7 Å². The Kier molecular flexibility index (Phi) is 4.30. The SMILES string of the molecule is Cc1ccc(-c2[nH]ncc2CNCC(O)C(C)(C)C)o1. The van der Waals surface area contributed by atoms with Gasteiger partial charge in [0.25, 0.3) is 0 Å². The summed E-state index contributed by atoms with van der Waals surface area (Å²) >= 11 is 0.